The van der Waals surface area contributed by atoms with E-state index in [0.717, 1.165) is 0 Å². The molecule has 1 atom stereocenters. The fourth-order valence-electron chi connectivity index (χ4n) is 4.08. The monoisotopic (exact) mass is 465 g/mol. The van der Waals surface area contributed by atoms with E-state index in [-0.39, 0.29) is 24.8 Å². The molecule has 5 rings (SSSR count). The zero-order chi connectivity index (χ0) is 17.0. The summed E-state index contributed by atoms with van der Waals surface area (Å²) in [5, 5.41) is 5.41. The van der Waals surface area contributed by atoms with Crippen molar-refractivity contribution < 1.29 is 49.5 Å². The van der Waals surface area contributed by atoms with Crippen LogP contribution < -0.4 is 24.8 Å². The predicted octanol–water partition coefficient (Wildman–Crippen LogP) is 0.452. The smallest absolute Gasteiger partial charge is 1.00 e. The molecule has 0 fully saturated rings. The van der Waals surface area contributed by atoms with Gasteiger partial charge in [-0.1, -0.05) is 0 Å². The standard InChI is InChI=1S/C24H17.2ClH.Zr/c1-16-12-20-11-10-17-6-4-5-9-22(17)24(20)23(13-16)21-14-18-7-2-3-8-19(18)15-21;;;/h2-15H,1H3;2*1H;/q;;;+2/p-2. The minimum absolute atomic E-state index is 0. The molecule has 0 aromatic heterocycles. The van der Waals surface area contributed by atoms with Gasteiger partial charge in [0.1, 0.15) is 0 Å². The second-order valence-corrected chi connectivity index (χ2v) is 8.28. The first-order valence-corrected chi connectivity index (χ1v) is 10.1. The van der Waals surface area contributed by atoms with Crippen molar-refractivity contribution in [2.45, 2.75) is 10.5 Å². The van der Waals surface area contributed by atoms with Crippen molar-refractivity contribution in [3.8, 4) is 0 Å². The van der Waals surface area contributed by atoms with Gasteiger partial charge in [0, 0.05) is 0 Å². The second-order valence-electron chi connectivity index (χ2n) is 6.86. The van der Waals surface area contributed by atoms with Crippen LogP contribution in [0.15, 0.2) is 72.8 Å². The Balaban J connectivity index is 0.00000105. The van der Waals surface area contributed by atoms with Gasteiger partial charge in [-0.25, -0.2) is 0 Å². The largest absolute Gasteiger partial charge is 1.00 e. The first kappa shape index (κ1) is 20.3. The van der Waals surface area contributed by atoms with Crippen LogP contribution in [-0.4, -0.2) is 0 Å². The van der Waals surface area contributed by atoms with Crippen LogP contribution in [0.4, 0.5) is 0 Å². The molecule has 3 heteroatoms. The fourth-order valence-corrected chi connectivity index (χ4v) is 5.31. The van der Waals surface area contributed by atoms with E-state index in [1.165, 1.54) is 49.4 Å². The number of hydrogen-bond acceptors (Lipinski definition) is 0. The number of rotatable bonds is 1. The number of fused-ring (bicyclic) bond motifs is 4. The number of aryl methyl sites for hydroxylation is 1. The third-order valence-corrected chi connectivity index (χ3v) is 6.75. The third-order valence-electron chi connectivity index (χ3n) is 5.23. The van der Waals surface area contributed by atoms with Crippen molar-refractivity contribution in [1.82, 2.24) is 0 Å². The van der Waals surface area contributed by atoms with Crippen LogP contribution in [0.2, 0.25) is 0 Å². The van der Waals surface area contributed by atoms with Crippen molar-refractivity contribution in [2.24, 2.45) is 0 Å². The summed E-state index contributed by atoms with van der Waals surface area (Å²) in [5.74, 6) is 0. The molecule has 4 aromatic rings. The molecule has 1 aliphatic carbocycles. The Labute approximate surface area is 187 Å². The SMILES string of the molecule is Cc1cc(C2=Cc3ccccc3[CH]2[Zr+2])c2c(ccc3ccccc32)c1.[Cl-].[Cl-]. The van der Waals surface area contributed by atoms with E-state index in [9.17, 15) is 0 Å². The molecule has 0 heterocycles. The maximum atomic E-state index is 2.41. The predicted molar refractivity (Wildman–Crippen MR) is 103 cm³/mol. The van der Waals surface area contributed by atoms with Crippen molar-refractivity contribution in [2.75, 3.05) is 0 Å². The quantitative estimate of drug-likeness (QED) is 0.357. The normalized spacial score (nSPS) is 15.1. The fraction of sp³-hybridized carbons (Fsp3) is 0.0833. The minimum atomic E-state index is 0. The number of allylic oxidation sites excluding steroid dienone is 1. The van der Waals surface area contributed by atoms with Crippen LogP contribution in [0.1, 0.15) is 25.9 Å². The molecule has 4 aromatic carbocycles. The summed E-state index contributed by atoms with van der Waals surface area (Å²) in [6.45, 7) is 2.21. The summed E-state index contributed by atoms with van der Waals surface area (Å²) in [5.41, 5.74) is 7.08. The van der Waals surface area contributed by atoms with E-state index >= 15 is 0 Å². The van der Waals surface area contributed by atoms with Crippen LogP contribution >= 0.6 is 0 Å². The van der Waals surface area contributed by atoms with E-state index in [1.807, 2.05) is 0 Å². The summed E-state index contributed by atoms with van der Waals surface area (Å²) in [4.78, 5) is 0. The molecular formula is C24H17Cl2Zr. The summed E-state index contributed by atoms with van der Waals surface area (Å²) >= 11 is 1.55. The molecule has 0 amide bonds. The van der Waals surface area contributed by atoms with Gasteiger partial charge in [-0.15, -0.1) is 0 Å². The van der Waals surface area contributed by atoms with Crippen molar-refractivity contribution in [3.63, 3.8) is 0 Å². The van der Waals surface area contributed by atoms with Crippen LogP contribution in [0, 0.1) is 6.92 Å². The van der Waals surface area contributed by atoms with Crippen LogP contribution in [-0.2, 0) is 24.7 Å². The Morgan fingerprint density at radius 1 is 0.778 bits per heavy atom. The van der Waals surface area contributed by atoms with Crippen LogP contribution in [0.3, 0.4) is 0 Å². The molecule has 0 aliphatic heterocycles. The van der Waals surface area contributed by atoms with Crippen molar-refractivity contribution >= 4 is 33.2 Å². The van der Waals surface area contributed by atoms with Gasteiger partial charge in [-0.3, -0.25) is 0 Å². The van der Waals surface area contributed by atoms with E-state index < -0.39 is 0 Å². The van der Waals surface area contributed by atoms with Crippen molar-refractivity contribution in [1.29, 1.82) is 0 Å². The molecule has 131 valence electrons. The van der Waals surface area contributed by atoms with E-state index in [4.69, 9.17) is 0 Å². The first-order valence-electron chi connectivity index (χ1n) is 8.66. The Kier molecular flexibility index (Phi) is 5.97. The number of benzene rings is 4. The van der Waals surface area contributed by atoms with Gasteiger partial charge in [-0.2, -0.15) is 0 Å². The molecule has 0 spiro atoms. The molecule has 1 aliphatic rings. The zero-order valence-corrected chi connectivity index (χ0v) is 18.8. The van der Waals surface area contributed by atoms with Gasteiger partial charge in [0.2, 0.25) is 0 Å². The Morgan fingerprint density at radius 2 is 1.48 bits per heavy atom. The molecule has 27 heavy (non-hydrogen) atoms. The summed E-state index contributed by atoms with van der Waals surface area (Å²) in [6, 6.07) is 26.8. The average molecular weight is 468 g/mol. The second kappa shape index (κ2) is 7.92. The Morgan fingerprint density at radius 3 is 2.30 bits per heavy atom. The van der Waals surface area contributed by atoms with Gasteiger partial charge in [0.15, 0.2) is 0 Å². The van der Waals surface area contributed by atoms with Gasteiger partial charge < -0.3 is 24.8 Å². The van der Waals surface area contributed by atoms with E-state index in [2.05, 4.69) is 85.8 Å². The molecule has 0 radical (unpaired) electrons. The molecule has 0 saturated heterocycles. The maximum Gasteiger partial charge on any atom is -1.00 e. The summed E-state index contributed by atoms with van der Waals surface area (Å²) in [6.07, 6.45) is 2.41. The topological polar surface area (TPSA) is 0 Å². The zero-order valence-electron chi connectivity index (χ0n) is 14.8. The minimum Gasteiger partial charge on any atom is -1.00 e. The number of halogens is 2. The van der Waals surface area contributed by atoms with Gasteiger partial charge in [0.05, 0.1) is 0 Å². The summed E-state index contributed by atoms with van der Waals surface area (Å²) in [7, 11) is 0. The van der Waals surface area contributed by atoms with Crippen LogP contribution in [0.5, 0.6) is 0 Å². The maximum absolute atomic E-state index is 2.41. The molecule has 0 nitrogen and oxygen atoms in total. The summed E-state index contributed by atoms with van der Waals surface area (Å²) < 4.78 is 0.521. The molecular weight excluding hydrogens is 450 g/mol. The van der Waals surface area contributed by atoms with E-state index in [1.54, 1.807) is 24.7 Å². The molecule has 0 bridgehead atoms. The van der Waals surface area contributed by atoms with Crippen LogP contribution in [0.25, 0.3) is 33.2 Å². The molecule has 0 saturated carbocycles. The Bertz CT molecular complexity index is 1180. The molecule has 1 unspecified atom stereocenters. The molecule has 0 N–H and O–H groups in total. The first-order chi connectivity index (χ1) is 12.2. The van der Waals surface area contributed by atoms with Gasteiger partial charge in [-0.05, 0) is 0 Å². The third kappa shape index (κ3) is 3.31. The van der Waals surface area contributed by atoms with Crippen molar-refractivity contribution in [3.05, 3.63) is 95.1 Å². The number of hydrogen-bond donors (Lipinski definition) is 0. The van der Waals surface area contributed by atoms with Gasteiger partial charge in [0.25, 0.3) is 0 Å². The average Bonchev–Trinajstić information content (AvgIpc) is 2.97. The van der Waals surface area contributed by atoms with E-state index in [0.29, 0.717) is 3.63 Å². The van der Waals surface area contributed by atoms with Gasteiger partial charge >= 0.3 is 164 Å². The Hall–Kier alpha value is -1.40.